The van der Waals surface area contributed by atoms with Gasteiger partial charge in [-0.1, -0.05) is 36.4 Å². The maximum absolute atomic E-state index is 11.9. The monoisotopic (exact) mass is 277 g/mol. The van der Waals surface area contributed by atoms with Crippen molar-refractivity contribution in [1.82, 2.24) is 4.57 Å². The van der Waals surface area contributed by atoms with E-state index < -0.39 is 0 Å². The molecule has 1 aliphatic rings. The van der Waals surface area contributed by atoms with Gasteiger partial charge in [-0.05, 0) is 31.4 Å². The van der Waals surface area contributed by atoms with Crippen LogP contribution in [0.25, 0.3) is 21.8 Å². The van der Waals surface area contributed by atoms with Gasteiger partial charge in [0, 0.05) is 40.7 Å². The number of carbonyl (C=O) groups excluding carboxylic acids is 1. The van der Waals surface area contributed by atoms with Gasteiger partial charge in [-0.25, -0.2) is 0 Å². The molecule has 1 fully saturated rings. The number of hydrogen-bond donors (Lipinski definition) is 0. The fourth-order valence-electron chi connectivity index (χ4n) is 3.72. The van der Waals surface area contributed by atoms with E-state index in [4.69, 9.17) is 0 Å². The molecule has 0 saturated heterocycles. The summed E-state index contributed by atoms with van der Waals surface area (Å²) in [6.07, 6.45) is 3.92. The summed E-state index contributed by atoms with van der Waals surface area (Å²) in [6.45, 7) is 0.935. The van der Waals surface area contributed by atoms with Crippen LogP contribution in [0.5, 0.6) is 0 Å². The molecule has 0 amide bonds. The molecule has 2 nitrogen and oxygen atoms in total. The van der Waals surface area contributed by atoms with Crippen molar-refractivity contribution in [3.05, 3.63) is 48.5 Å². The molecule has 2 heteroatoms. The van der Waals surface area contributed by atoms with Crippen molar-refractivity contribution in [1.29, 1.82) is 0 Å². The van der Waals surface area contributed by atoms with E-state index in [1.807, 2.05) is 0 Å². The third-order valence-corrected chi connectivity index (χ3v) is 4.81. The van der Waals surface area contributed by atoms with Crippen LogP contribution < -0.4 is 0 Å². The van der Waals surface area contributed by atoms with E-state index in [1.54, 1.807) is 0 Å². The lowest BCUT2D eigenvalue weighted by Gasteiger charge is -2.11. The number of ketones is 1. The van der Waals surface area contributed by atoms with Crippen LogP contribution in [0, 0.1) is 5.92 Å². The molecule has 0 bridgehead atoms. The largest absolute Gasteiger partial charge is 0.340 e. The molecule has 3 aromatic rings. The number of rotatable bonds is 3. The summed E-state index contributed by atoms with van der Waals surface area (Å²) in [6, 6.07) is 17.1. The fraction of sp³-hybridized carbons (Fsp3) is 0.316. The molecule has 0 spiro atoms. The first-order valence-corrected chi connectivity index (χ1v) is 7.83. The van der Waals surface area contributed by atoms with Gasteiger partial charge in [0.1, 0.15) is 5.78 Å². The van der Waals surface area contributed by atoms with Gasteiger partial charge < -0.3 is 4.57 Å². The van der Waals surface area contributed by atoms with Gasteiger partial charge in [0.15, 0.2) is 0 Å². The molecule has 1 saturated carbocycles. The molecule has 21 heavy (non-hydrogen) atoms. The van der Waals surface area contributed by atoms with Crippen LogP contribution in [0.2, 0.25) is 0 Å². The van der Waals surface area contributed by atoms with E-state index >= 15 is 0 Å². The van der Waals surface area contributed by atoms with Crippen molar-refractivity contribution in [2.75, 3.05) is 0 Å². The Kier molecular flexibility index (Phi) is 3.03. The third-order valence-electron chi connectivity index (χ3n) is 4.81. The second-order valence-electron chi connectivity index (χ2n) is 6.03. The van der Waals surface area contributed by atoms with E-state index in [9.17, 15) is 4.79 Å². The number of aryl methyl sites for hydroxylation is 1. The van der Waals surface area contributed by atoms with Crippen molar-refractivity contribution < 1.29 is 4.79 Å². The highest BCUT2D eigenvalue weighted by Gasteiger charge is 2.24. The third kappa shape index (κ3) is 2.06. The first-order chi connectivity index (χ1) is 10.3. The lowest BCUT2D eigenvalue weighted by Crippen LogP contribution is -2.10. The van der Waals surface area contributed by atoms with Crippen LogP contribution in [0.4, 0.5) is 0 Å². The van der Waals surface area contributed by atoms with Gasteiger partial charge in [-0.15, -0.1) is 0 Å². The molecule has 106 valence electrons. The van der Waals surface area contributed by atoms with Gasteiger partial charge in [0.25, 0.3) is 0 Å². The SMILES string of the molecule is O=C1CCCC1CCn1c2ccccc2c2ccccc21. The minimum Gasteiger partial charge on any atom is -0.340 e. The van der Waals surface area contributed by atoms with Crippen molar-refractivity contribution in [3.63, 3.8) is 0 Å². The van der Waals surface area contributed by atoms with Gasteiger partial charge in [-0.3, -0.25) is 4.79 Å². The summed E-state index contributed by atoms with van der Waals surface area (Å²) in [4.78, 5) is 11.9. The summed E-state index contributed by atoms with van der Waals surface area (Å²) < 4.78 is 2.39. The topological polar surface area (TPSA) is 22.0 Å². The molecule has 4 rings (SSSR count). The van der Waals surface area contributed by atoms with Crippen molar-refractivity contribution in [2.45, 2.75) is 32.2 Å². The molecular weight excluding hydrogens is 258 g/mol. The Morgan fingerprint density at radius 3 is 2.14 bits per heavy atom. The Morgan fingerprint density at radius 2 is 1.57 bits per heavy atom. The zero-order valence-electron chi connectivity index (χ0n) is 12.1. The number of para-hydroxylation sites is 2. The molecule has 0 radical (unpaired) electrons. The van der Waals surface area contributed by atoms with Gasteiger partial charge in [0.2, 0.25) is 0 Å². The standard InChI is InChI=1S/C19H19NO/c21-19-11-5-6-14(19)12-13-20-17-9-3-1-7-15(17)16-8-2-4-10-18(16)20/h1-4,7-10,14H,5-6,11-13H2. The first kappa shape index (κ1) is 12.6. The Hall–Kier alpha value is -2.09. The summed E-state index contributed by atoms with van der Waals surface area (Å²) in [5.41, 5.74) is 2.56. The van der Waals surface area contributed by atoms with E-state index in [-0.39, 0.29) is 5.92 Å². The Morgan fingerprint density at radius 1 is 0.952 bits per heavy atom. The summed E-state index contributed by atoms with van der Waals surface area (Å²) in [5, 5.41) is 2.62. The maximum Gasteiger partial charge on any atom is 0.136 e. The van der Waals surface area contributed by atoms with Crippen LogP contribution in [0.15, 0.2) is 48.5 Å². The molecule has 2 aromatic carbocycles. The number of fused-ring (bicyclic) bond motifs is 3. The normalized spacial score (nSPS) is 18.9. The second kappa shape index (κ2) is 5.03. The van der Waals surface area contributed by atoms with Gasteiger partial charge in [0.05, 0.1) is 0 Å². The fourth-order valence-corrected chi connectivity index (χ4v) is 3.72. The maximum atomic E-state index is 11.9. The predicted molar refractivity (Wildman–Crippen MR) is 86.4 cm³/mol. The molecule has 1 atom stereocenters. The highest BCUT2D eigenvalue weighted by molar-refractivity contribution is 6.07. The quantitative estimate of drug-likeness (QED) is 0.688. The van der Waals surface area contributed by atoms with Gasteiger partial charge >= 0.3 is 0 Å². The highest BCUT2D eigenvalue weighted by atomic mass is 16.1. The number of benzene rings is 2. The minimum absolute atomic E-state index is 0.282. The summed E-state index contributed by atoms with van der Waals surface area (Å²) in [7, 11) is 0. The van der Waals surface area contributed by atoms with E-state index in [1.165, 1.54) is 21.8 Å². The number of aromatic nitrogens is 1. The molecule has 0 aliphatic heterocycles. The smallest absolute Gasteiger partial charge is 0.136 e. The number of carbonyl (C=O) groups is 1. The predicted octanol–water partition coefficient (Wildman–Crippen LogP) is 4.55. The Labute approximate surface area is 124 Å². The molecule has 1 aromatic heterocycles. The van der Waals surface area contributed by atoms with Crippen LogP contribution in [0.3, 0.4) is 0 Å². The van der Waals surface area contributed by atoms with Gasteiger partial charge in [-0.2, -0.15) is 0 Å². The lowest BCUT2D eigenvalue weighted by molar-refractivity contribution is -0.120. The lowest BCUT2D eigenvalue weighted by atomic mass is 10.0. The number of hydrogen-bond acceptors (Lipinski definition) is 1. The van der Waals surface area contributed by atoms with Crippen LogP contribution in [-0.4, -0.2) is 10.4 Å². The van der Waals surface area contributed by atoms with E-state index in [0.717, 1.165) is 32.2 Å². The number of Topliss-reactive ketones (excluding diaryl/α,β-unsaturated/α-hetero) is 1. The first-order valence-electron chi connectivity index (χ1n) is 7.83. The average molecular weight is 277 g/mol. The zero-order valence-corrected chi connectivity index (χ0v) is 12.1. The molecule has 1 unspecified atom stereocenters. The van der Waals surface area contributed by atoms with Crippen LogP contribution >= 0.6 is 0 Å². The molecule has 1 heterocycles. The van der Waals surface area contributed by atoms with E-state index in [2.05, 4.69) is 53.1 Å². The van der Waals surface area contributed by atoms with Crippen LogP contribution in [0.1, 0.15) is 25.7 Å². The van der Waals surface area contributed by atoms with Crippen molar-refractivity contribution >= 4 is 27.6 Å². The second-order valence-corrected chi connectivity index (χ2v) is 6.03. The molecular formula is C19H19NO. The Balaban J connectivity index is 1.77. The number of nitrogens with zero attached hydrogens (tertiary/aromatic N) is 1. The highest BCUT2D eigenvalue weighted by Crippen LogP contribution is 2.31. The van der Waals surface area contributed by atoms with Crippen molar-refractivity contribution in [3.8, 4) is 0 Å². The summed E-state index contributed by atoms with van der Waals surface area (Å²) >= 11 is 0. The van der Waals surface area contributed by atoms with Crippen molar-refractivity contribution in [2.24, 2.45) is 5.92 Å². The molecule has 0 N–H and O–H groups in total. The minimum atomic E-state index is 0.282. The van der Waals surface area contributed by atoms with Crippen LogP contribution in [-0.2, 0) is 11.3 Å². The molecule has 1 aliphatic carbocycles. The Bertz CT molecular complexity index is 761. The summed E-state index contributed by atoms with van der Waals surface area (Å²) in [5.74, 6) is 0.751. The zero-order chi connectivity index (χ0) is 14.2. The van der Waals surface area contributed by atoms with E-state index in [0.29, 0.717) is 5.78 Å². The average Bonchev–Trinajstić information content (AvgIpc) is 3.07.